The first-order valence-corrected chi connectivity index (χ1v) is 13.4. The molecule has 3 aromatic rings. The monoisotopic (exact) mass is 525 g/mol. The number of halogens is 1. The fourth-order valence-corrected chi connectivity index (χ4v) is 5.47. The Morgan fingerprint density at radius 1 is 1.03 bits per heavy atom. The van der Waals surface area contributed by atoms with E-state index in [0.717, 1.165) is 37.4 Å². The van der Waals surface area contributed by atoms with Gasteiger partial charge in [-0.2, -0.15) is 0 Å². The fraction of sp³-hybridized carbons (Fsp3) is 0.407. The van der Waals surface area contributed by atoms with E-state index in [1.54, 1.807) is 22.8 Å². The number of carbonyl (C=O) groups excluding carboxylic acids is 2. The highest BCUT2D eigenvalue weighted by molar-refractivity contribution is 7.99. The van der Waals surface area contributed by atoms with Gasteiger partial charge in [0.2, 0.25) is 0 Å². The van der Waals surface area contributed by atoms with Crippen LogP contribution in [-0.2, 0) is 16.0 Å². The minimum Gasteiger partial charge on any atom is -0.376 e. The van der Waals surface area contributed by atoms with Crippen molar-refractivity contribution in [1.29, 1.82) is 0 Å². The van der Waals surface area contributed by atoms with E-state index in [1.807, 2.05) is 0 Å². The van der Waals surface area contributed by atoms with Crippen molar-refractivity contribution >= 4 is 34.4 Å². The molecule has 2 fully saturated rings. The quantitative estimate of drug-likeness (QED) is 0.259. The molecular formula is C27H28FN3O5S. The predicted molar refractivity (Wildman–Crippen MR) is 138 cm³/mol. The summed E-state index contributed by atoms with van der Waals surface area (Å²) in [7, 11) is 0. The van der Waals surface area contributed by atoms with Gasteiger partial charge in [-0.1, -0.05) is 11.8 Å². The van der Waals surface area contributed by atoms with Crippen LogP contribution in [0.2, 0.25) is 0 Å². The molecular weight excluding hydrogens is 497 g/mol. The van der Waals surface area contributed by atoms with E-state index in [-0.39, 0.29) is 35.2 Å². The van der Waals surface area contributed by atoms with Crippen LogP contribution in [0.15, 0.2) is 52.4 Å². The van der Waals surface area contributed by atoms with Gasteiger partial charge < -0.3 is 14.8 Å². The summed E-state index contributed by atoms with van der Waals surface area (Å²) in [5.74, 6) is -0.855. The van der Waals surface area contributed by atoms with E-state index in [2.05, 4.69) is 5.32 Å². The number of benzene rings is 2. The third kappa shape index (κ3) is 6.08. The van der Waals surface area contributed by atoms with Crippen molar-refractivity contribution in [3.63, 3.8) is 0 Å². The molecule has 3 heterocycles. The van der Waals surface area contributed by atoms with Crippen molar-refractivity contribution in [1.82, 2.24) is 14.9 Å². The molecule has 1 amide bonds. The summed E-state index contributed by atoms with van der Waals surface area (Å²) < 4.78 is 26.1. The van der Waals surface area contributed by atoms with Crippen LogP contribution < -0.4 is 10.9 Å². The van der Waals surface area contributed by atoms with Crippen LogP contribution in [0.25, 0.3) is 10.9 Å². The lowest BCUT2D eigenvalue weighted by Gasteiger charge is -2.17. The molecule has 0 aliphatic carbocycles. The average molecular weight is 526 g/mol. The van der Waals surface area contributed by atoms with Gasteiger partial charge >= 0.3 is 0 Å². The zero-order valence-electron chi connectivity index (χ0n) is 20.3. The molecule has 194 valence electrons. The highest BCUT2D eigenvalue weighted by Gasteiger charge is 2.22. The maximum absolute atomic E-state index is 13.5. The Labute approximate surface area is 217 Å². The number of thioether (sulfide) groups is 1. The second-order valence-electron chi connectivity index (χ2n) is 9.24. The van der Waals surface area contributed by atoms with Crippen LogP contribution in [0.5, 0.6) is 0 Å². The van der Waals surface area contributed by atoms with Gasteiger partial charge in [-0.05, 0) is 68.1 Å². The van der Waals surface area contributed by atoms with Crippen molar-refractivity contribution in [2.45, 2.75) is 49.6 Å². The standard InChI is InChI=1S/C27H28FN3O5S/c28-19-8-5-17(6-9-19)24(32)16-37-27-30-23-13-18(25(33)29-14-20-3-1-11-35-20)7-10-22(23)26(34)31(27)15-21-4-2-12-36-21/h5-10,13,20-21H,1-4,11-12,14-16H2,(H,29,33)/t20-,21-/m1/s1. The van der Waals surface area contributed by atoms with E-state index in [9.17, 15) is 18.8 Å². The molecule has 10 heteroatoms. The first-order valence-electron chi connectivity index (χ1n) is 12.5. The molecule has 5 rings (SSSR count). The van der Waals surface area contributed by atoms with E-state index in [0.29, 0.717) is 53.5 Å². The predicted octanol–water partition coefficient (Wildman–Crippen LogP) is 3.60. The number of carbonyl (C=O) groups is 2. The molecule has 37 heavy (non-hydrogen) atoms. The zero-order chi connectivity index (χ0) is 25.8. The maximum atomic E-state index is 13.5. The van der Waals surface area contributed by atoms with Crippen molar-refractivity contribution in [3.8, 4) is 0 Å². The molecule has 2 aliphatic heterocycles. The van der Waals surface area contributed by atoms with Crippen LogP contribution >= 0.6 is 11.8 Å². The Balaban J connectivity index is 1.41. The topological polar surface area (TPSA) is 99.5 Å². The van der Waals surface area contributed by atoms with Crippen LogP contribution in [0.1, 0.15) is 46.4 Å². The van der Waals surface area contributed by atoms with E-state index < -0.39 is 5.82 Å². The Morgan fingerprint density at radius 3 is 2.43 bits per heavy atom. The summed E-state index contributed by atoms with van der Waals surface area (Å²) in [6.45, 7) is 2.12. The van der Waals surface area contributed by atoms with E-state index in [4.69, 9.17) is 14.5 Å². The Bertz CT molecular complexity index is 1350. The molecule has 0 spiro atoms. The van der Waals surface area contributed by atoms with Crippen LogP contribution in [-0.4, -0.2) is 59.0 Å². The zero-order valence-corrected chi connectivity index (χ0v) is 21.1. The van der Waals surface area contributed by atoms with E-state index >= 15 is 0 Å². The molecule has 2 aromatic carbocycles. The molecule has 0 bridgehead atoms. The molecule has 0 unspecified atom stereocenters. The molecule has 8 nitrogen and oxygen atoms in total. The van der Waals surface area contributed by atoms with Crippen molar-refractivity contribution in [3.05, 3.63) is 69.8 Å². The van der Waals surface area contributed by atoms with Gasteiger partial charge in [0.1, 0.15) is 5.82 Å². The van der Waals surface area contributed by atoms with Crippen molar-refractivity contribution < 1.29 is 23.5 Å². The number of aromatic nitrogens is 2. The molecule has 2 saturated heterocycles. The first-order chi connectivity index (χ1) is 18.0. The molecule has 2 atom stereocenters. The van der Waals surface area contributed by atoms with Crippen LogP contribution in [0, 0.1) is 5.82 Å². The van der Waals surface area contributed by atoms with Gasteiger partial charge in [-0.15, -0.1) is 0 Å². The molecule has 2 aliphatic rings. The number of ketones is 1. The highest BCUT2D eigenvalue weighted by atomic mass is 32.2. The largest absolute Gasteiger partial charge is 0.376 e. The third-order valence-corrected chi connectivity index (χ3v) is 7.58. The van der Waals surface area contributed by atoms with Crippen LogP contribution in [0.4, 0.5) is 4.39 Å². The SMILES string of the molecule is O=C(CSc1nc2cc(C(=O)NC[C@H]3CCCO3)ccc2c(=O)n1C[C@H]1CCCO1)c1ccc(F)cc1. The second-order valence-corrected chi connectivity index (χ2v) is 10.2. The van der Waals surface area contributed by atoms with Crippen LogP contribution in [0.3, 0.4) is 0 Å². The van der Waals surface area contributed by atoms with Gasteiger partial charge in [-0.3, -0.25) is 19.0 Å². The lowest BCUT2D eigenvalue weighted by Crippen LogP contribution is -2.32. The van der Waals surface area contributed by atoms with Gasteiger partial charge in [-0.25, -0.2) is 9.37 Å². The highest BCUT2D eigenvalue weighted by Crippen LogP contribution is 2.23. The number of fused-ring (bicyclic) bond motifs is 1. The Morgan fingerprint density at radius 2 is 1.73 bits per heavy atom. The molecule has 0 saturated carbocycles. The smallest absolute Gasteiger partial charge is 0.262 e. The Kier molecular flexibility index (Phi) is 7.97. The summed E-state index contributed by atoms with van der Waals surface area (Å²) in [5, 5.41) is 3.66. The fourth-order valence-electron chi connectivity index (χ4n) is 4.57. The number of rotatable bonds is 9. The summed E-state index contributed by atoms with van der Waals surface area (Å²) in [5.41, 5.74) is 0.916. The Hall–Kier alpha value is -3.08. The number of hydrogen-bond acceptors (Lipinski definition) is 7. The molecule has 0 radical (unpaired) electrons. The lowest BCUT2D eigenvalue weighted by atomic mass is 10.1. The number of nitrogens with one attached hydrogen (secondary N) is 1. The summed E-state index contributed by atoms with van der Waals surface area (Å²) in [6.07, 6.45) is 3.59. The summed E-state index contributed by atoms with van der Waals surface area (Å²) in [4.78, 5) is 43.6. The maximum Gasteiger partial charge on any atom is 0.262 e. The number of ether oxygens (including phenoxy) is 2. The normalized spacial score (nSPS) is 19.4. The minimum absolute atomic E-state index is 0.0224. The van der Waals surface area contributed by atoms with Crippen molar-refractivity contribution in [2.24, 2.45) is 0 Å². The summed E-state index contributed by atoms with van der Waals surface area (Å²) >= 11 is 1.14. The van der Waals surface area contributed by atoms with Gasteiger partial charge in [0.25, 0.3) is 11.5 Å². The minimum atomic E-state index is -0.415. The average Bonchev–Trinajstić information content (AvgIpc) is 3.62. The summed E-state index contributed by atoms with van der Waals surface area (Å²) in [6, 6.07) is 10.2. The molecule has 1 N–H and O–H groups in total. The number of amides is 1. The van der Waals surface area contributed by atoms with Gasteiger partial charge in [0, 0.05) is 30.9 Å². The first kappa shape index (κ1) is 25.6. The lowest BCUT2D eigenvalue weighted by molar-refractivity contribution is 0.0857. The third-order valence-electron chi connectivity index (χ3n) is 6.61. The van der Waals surface area contributed by atoms with Gasteiger partial charge in [0.05, 0.1) is 35.4 Å². The van der Waals surface area contributed by atoms with E-state index in [1.165, 1.54) is 24.3 Å². The van der Waals surface area contributed by atoms with Gasteiger partial charge in [0.15, 0.2) is 10.9 Å². The number of hydrogen-bond donors (Lipinski definition) is 1. The number of nitrogens with zero attached hydrogens (tertiary/aromatic N) is 2. The molecule has 1 aromatic heterocycles. The van der Waals surface area contributed by atoms with Crippen molar-refractivity contribution in [2.75, 3.05) is 25.5 Å². The number of Topliss-reactive ketones (excluding diaryl/α,β-unsaturated/α-hetero) is 1. The second kappa shape index (κ2) is 11.5.